The molecule has 0 saturated carbocycles. The number of anilines is 1. The molecule has 0 fully saturated rings. The molecule has 0 aliphatic rings. The molecule has 1 aromatic carbocycles. The van der Waals surface area contributed by atoms with E-state index in [-0.39, 0.29) is 27.3 Å². The van der Waals surface area contributed by atoms with E-state index in [0.29, 0.717) is 17.2 Å². The van der Waals surface area contributed by atoms with Gasteiger partial charge >= 0.3 is 5.69 Å². The van der Waals surface area contributed by atoms with E-state index in [1.807, 2.05) is 0 Å². The molecule has 0 atom stereocenters. The van der Waals surface area contributed by atoms with Crippen molar-refractivity contribution in [1.29, 1.82) is 0 Å². The monoisotopic (exact) mass is 423 g/mol. The Bertz CT molecular complexity index is 1100. The summed E-state index contributed by atoms with van der Waals surface area (Å²) >= 11 is 0.804. The van der Waals surface area contributed by atoms with Crippen molar-refractivity contribution in [3.63, 3.8) is 0 Å². The Morgan fingerprint density at radius 3 is 2.54 bits per heavy atom. The van der Waals surface area contributed by atoms with Crippen LogP contribution in [-0.4, -0.2) is 24.6 Å². The highest BCUT2D eigenvalue weighted by molar-refractivity contribution is 7.92. The van der Waals surface area contributed by atoms with Crippen molar-refractivity contribution in [3.8, 4) is 11.6 Å². The Morgan fingerprint density at radius 2 is 1.96 bits per heavy atom. The summed E-state index contributed by atoms with van der Waals surface area (Å²) in [5, 5.41) is 14.2. The number of hydrogen-bond acceptors (Lipinski definition) is 8. The lowest BCUT2D eigenvalue weighted by atomic mass is 10.3. The quantitative estimate of drug-likeness (QED) is 0.452. The summed E-state index contributed by atoms with van der Waals surface area (Å²) in [5.74, 6) is 0.363. The van der Waals surface area contributed by atoms with Crippen molar-refractivity contribution in [1.82, 2.24) is 4.98 Å². The Labute approximate surface area is 163 Å². The number of nitro groups is 1. The first kappa shape index (κ1) is 19.7. The molecule has 0 radical (unpaired) electrons. The second kappa shape index (κ2) is 7.90. The highest BCUT2D eigenvalue weighted by atomic mass is 32.2. The topological polar surface area (TPSA) is 111 Å². The minimum absolute atomic E-state index is 0.0807. The third-order valence-corrected chi connectivity index (χ3v) is 6.42. The van der Waals surface area contributed by atoms with Gasteiger partial charge in [-0.3, -0.25) is 10.1 Å². The van der Waals surface area contributed by atoms with Gasteiger partial charge in [-0.15, -0.1) is 0 Å². The number of pyridine rings is 1. The SMILES string of the molecule is CS(=O)(=O)c1cc([N+](=O)[O-])c(NCc2ccc(Oc3ccc(F)cc3)nc2)s1. The number of ether oxygens (including phenoxy) is 1. The Kier molecular flexibility index (Phi) is 5.56. The fourth-order valence-corrected chi connectivity index (χ4v) is 4.12. The molecular formula is C17H14FN3O5S2. The third kappa shape index (κ3) is 4.81. The van der Waals surface area contributed by atoms with Crippen molar-refractivity contribution >= 4 is 31.9 Å². The van der Waals surface area contributed by atoms with Crippen molar-refractivity contribution < 1.29 is 22.5 Å². The van der Waals surface area contributed by atoms with Crippen LogP contribution in [-0.2, 0) is 16.4 Å². The zero-order valence-corrected chi connectivity index (χ0v) is 16.1. The minimum Gasteiger partial charge on any atom is -0.439 e. The van der Waals surface area contributed by atoms with Crippen LogP contribution in [0.2, 0.25) is 0 Å². The average molecular weight is 423 g/mol. The number of sulfone groups is 1. The van der Waals surface area contributed by atoms with Gasteiger partial charge in [-0.05, 0) is 29.8 Å². The number of thiophene rings is 1. The number of rotatable bonds is 7. The van der Waals surface area contributed by atoms with Crippen LogP contribution in [0.25, 0.3) is 0 Å². The lowest BCUT2D eigenvalue weighted by molar-refractivity contribution is -0.383. The number of aromatic nitrogens is 1. The van der Waals surface area contributed by atoms with Crippen molar-refractivity contribution in [2.24, 2.45) is 0 Å². The molecule has 3 aromatic rings. The minimum atomic E-state index is -3.54. The van der Waals surface area contributed by atoms with E-state index in [4.69, 9.17) is 4.74 Å². The number of nitrogens with zero attached hydrogens (tertiary/aromatic N) is 2. The average Bonchev–Trinajstić information content (AvgIpc) is 3.08. The molecule has 146 valence electrons. The van der Waals surface area contributed by atoms with Crippen LogP contribution in [0.5, 0.6) is 11.6 Å². The molecule has 3 rings (SSSR count). The van der Waals surface area contributed by atoms with Crippen molar-refractivity contribution in [3.05, 3.63) is 70.2 Å². The molecule has 0 aliphatic heterocycles. The molecule has 0 bridgehead atoms. The molecule has 8 nitrogen and oxygen atoms in total. The summed E-state index contributed by atoms with van der Waals surface area (Å²) in [6.45, 7) is 0.203. The largest absolute Gasteiger partial charge is 0.439 e. The predicted octanol–water partition coefficient (Wildman–Crippen LogP) is 4.00. The van der Waals surface area contributed by atoms with Gasteiger partial charge in [-0.2, -0.15) is 0 Å². The van der Waals surface area contributed by atoms with Crippen molar-refractivity contribution in [2.45, 2.75) is 10.8 Å². The van der Waals surface area contributed by atoms with Gasteiger partial charge in [-0.1, -0.05) is 17.4 Å². The van der Waals surface area contributed by atoms with E-state index in [1.165, 1.54) is 30.5 Å². The fraction of sp³-hybridized carbons (Fsp3) is 0.118. The Morgan fingerprint density at radius 1 is 1.25 bits per heavy atom. The summed E-state index contributed by atoms with van der Waals surface area (Å²) in [6.07, 6.45) is 2.51. The molecule has 0 saturated heterocycles. The number of hydrogen-bond donors (Lipinski definition) is 1. The van der Waals surface area contributed by atoms with Gasteiger partial charge < -0.3 is 10.1 Å². The second-order valence-electron chi connectivity index (χ2n) is 5.72. The van der Waals surface area contributed by atoms with E-state index in [2.05, 4.69) is 10.3 Å². The van der Waals surface area contributed by atoms with E-state index < -0.39 is 14.8 Å². The third-order valence-electron chi connectivity index (χ3n) is 3.54. The van der Waals surface area contributed by atoms with Gasteiger partial charge in [0.25, 0.3) is 0 Å². The molecule has 0 spiro atoms. The van der Waals surface area contributed by atoms with Crippen LogP contribution in [0, 0.1) is 15.9 Å². The van der Waals surface area contributed by atoms with E-state index in [9.17, 15) is 22.9 Å². The number of nitrogens with one attached hydrogen (secondary N) is 1. The lowest BCUT2D eigenvalue weighted by Gasteiger charge is -2.07. The van der Waals surface area contributed by atoms with Crippen LogP contribution in [0.3, 0.4) is 0 Å². The van der Waals surface area contributed by atoms with Gasteiger partial charge in [0.1, 0.15) is 15.8 Å². The summed E-state index contributed by atoms with van der Waals surface area (Å²) in [6, 6.07) is 9.84. The second-order valence-corrected chi connectivity index (χ2v) is 9.02. The first-order valence-corrected chi connectivity index (χ1v) is 10.5. The molecule has 0 aliphatic carbocycles. The van der Waals surface area contributed by atoms with E-state index in [1.54, 1.807) is 12.1 Å². The molecule has 2 heterocycles. The van der Waals surface area contributed by atoms with Crippen LogP contribution >= 0.6 is 11.3 Å². The number of halogens is 1. The predicted molar refractivity (Wildman–Crippen MR) is 102 cm³/mol. The van der Waals surface area contributed by atoms with Gasteiger partial charge in [0.2, 0.25) is 5.88 Å². The fourth-order valence-electron chi connectivity index (χ4n) is 2.19. The molecule has 2 aromatic heterocycles. The highest BCUT2D eigenvalue weighted by Gasteiger charge is 2.23. The Hall–Kier alpha value is -3.05. The van der Waals surface area contributed by atoms with Gasteiger partial charge in [-0.25, -0.2) is 17.8 Å². The van der Waals surface area contributed by atoms with Crippen LogP contribution in [0.1, 0.15) is 5.56 Å². The Balaban J connectivity index is 1.69. The lowest BCUT2D eigenvalue weighted by Crippen LogP contribution is -2.00. The summed E-state index contributed by atoms with van der Waals surface area (Å²) in [5.41, 5.74) is 0.407. The van der Waals surface area contributed by atoms with E-state index in [0.717, 1.165) is 23.7 Å². The first-order valence-electron chi connectivity index (χ1n) is 7.83. The molecule has 0 amide bonds. The van der Waals surface area contributed by atoms with E-state index >= 15 is 0 Å². The van der Waals surface area contributed by atoms with Crippen LogP contribution < -0.4 is 10.1 Å². The summed E-state index contributed by atoms with van der Waals surface area (Å²) < 4.78 is 41.5. The zero-order chi connectivity index (χ0) is 20.3. The van der Waals surface area contributed by atoms with Gasteiger partial charge in [0.05, 0.1) is 4.92 Å². The van der Waals surface area contributed by atoms with Crippen molar-refractivity contribution in [2.75, 3.05) is 11.6 Å². The maximum Gasteiger partial charge on any atom is 0.304 e. The molecule has 28 heavy (non-hydrogen) atoms. The molecule has 11 heteroatoms. The normalized spacial score (nSPS) is 11.2. The maximum absolute atomic E-state index is 12.9. The van der Waals surface area contributed by atoms with Crippen LogP contribution in [0.15, 0.2) is 52.9 Å². The molecule has 0 unspecified atom stereocenters. The molecule has 1 N–H and O–H groups in total. The van der Waals surface area contributed by atoms with Crippen LogP contribution in [0.4, 0.5) is 15.1 Å². The molecular weight excluding hydrogens is 409 g/mol. The van der Waals surface area contributed by atoms with Gasteiger partial charge in [0.15, 0.2) is 14.8 Å². The smallest absolute Gasteiger partial charge is 0.304 e. The first-order chi connectivity index (χ1) is 13.2. The standard InChI is InChI=1S/C17H14FN3O5S2/c1-28(24,25)16-8-14(21(22)23)17(27-16)20-10-11-2-7-15(19-9-11)26-13-5-3-12(18)4-6-13/h2-9,20H,10H2,1H3. The summed E-state index contributed by atoms with van der Waals surface area (Å²) in [4.78, 5) is 14.6. The van der Waals surface area contributed by atoms with Gasteiger partial charge in [0, 0.05) is 31.1 Å². The maximum atomic E-state index is 12.9. The zero-order valence-electron chi connectivity index (χ0n) is 14.5. The number of benzene rings is 1. The summed E-state index contributed by atoms with van der Waals surface area (Å²) in [7, 11) is -3.54. The highest BCUT2D eigenvalue weighted by Crippen LogP contribution is 2.37.